The minimum Gasteiger partial charge on any atom is -0.495 e. The largest absolute Gasteiger partial charge is 0.495 e. The summed E-state index contributed by atoms with van der Waals surface area (Å²) < 4.78 is 19.0. The van der Waals surface area contributed by atoms with E-state index in [1.807, 2.05) is 24.3 Å². The highest BCUT2D eigenvalue weighted by molar-refractivity contribution is 5.91. The summed E-state index contributed by atoms with van der Waals surface area (Å²) in [7, 11) is 1.60. The van der Waals surface area contributed by atoms with Crippen LogP contribution in [0.3, 0.4) is 0 Å². The van der Waals surface area contributed by atoms with Gasteiger partial charge in [-0.25, -0.2) is 14.4 Å². The number of hydrogen-bond acceptors (Lipinski definition) is 4. The van der Waals surface area contributed by atoms with Gasteiger partial charge in [0.05, 0.1) is 12.8 Å². The zero-order valence-corrected chi connectivity index (χ0v) is 10.8. The molecule has 0 aliphatic heterocycles. The van der Waals surface area contributed by atoms with Gasteiger partial charge in [0.1, 0.15) is 29.2 Å². The van der Waals surface area contributed by atoms with E-state index >= 15 is 0 Å². The Morgan fingerprint density at radius 1 is 1.05 bits per heavy atom. The molecule has 1 aromatic heterocycles. The van der Waals surface area contributed by atoms with Crippen molar-refractivity contribution in [1.29, 1.82) is 0 Å². The van der Waals surface area contributed by atoms with Crippen molar-refractivity contribution in [2.75, 3.05) is 12.4 Å². The highest BCUT2D eigenvalue weighted by Gasteiger charge is 2.09. The van der Waals surface area contributed by atoms with Crippen molar-refractivity contribution in [2.24, 2.45) is 0 Å². The molecule has 1 N–H and O–H groups in total. The molecule has 0 atom stereocenters. The lowest BCUT2D eigenvalue weighted by molar-refractivity contribution is 0.417. The predicted molar refractivity (Wildman–Crippen MR) is 75.8 cm³/mol. The van der Waals surface area contributed by atoms with Crippen molar-refractivity contribution < 1.29 is 9.13 Å². The lowest BCUT2D eigenvalue weighted by Crippen LogP contribution is -1.98. The molecule has 0 bridgehead atoms. The summed E-state index contributed by atoms with van der Waals surface area (Å²) in [5.41, 5.74) is 1.05. The summed E-state index contributed by atoms with van der Waals surface area (Å²) in [6, 6.07) is 12.3. The number of nitrogens with one attached hydrogen (secondary N) is 1. The number of methoxy groups -OCH3 is 1. The van der Waals surface area contributed by atoms with Gasteiger partial charge >= 0.3 is 0 Å². The molecule has 0 saturated heterocycles. The van der Waals surface area contributed by atoms with Crippen LogP contribution < -0.4 is 10.1 Å². The van der Waals surface area contributed by atoms with E-state index in [9.17, 15) is 4.39 Å². The summed E-state index contributed by atoms with van der Waals surface area (Å²) in [6.07, 6.45) is 1.34. The molecule has 5 heteroatoms. The molecule has 0 radical (unpaired) electrons. The Hall–Kier alpha value is -2.69. The molecule has 0 aliphatic carbocycles. The molecule has 0 unspecified atom stereocenters. The van der Waals surface area contributed by atoms with Crippen molar-refractivity contribution in [3.63, 3.8) is 0 Å². The Labute approximate surface area is 115 Å². The number of rotatable bonds is 3. The highest BCUT2D eigenvalue weighted by Crippen LogP contribution is 2.29. The third-order valence-corrected chi connectivity index (χ3v) is 2.98. The van der Waals surface area contributed by atoms with Crippen molar-refractivity contribution >= 4 is 22.4 Å². The van der Waals surface area contributed by atoms with Crippen molar-refractivity contribution in [2.45, 2.75) is 0 Å². The maximum Gasteiger partial charge on any atom is 0.149 e. The van der Waals surface area contributed by atoms with Gasteiger partial charge in [0.2, 0.25) is 0 Å². The summed E-state index contributed by atoms with van der Waals surface area (Å²) in [5, 5.41) is 3.77. The van der Waals surface area contributed by atoms with E-state index in [2.05, 4.69) is 15.3 Å². The van der Waals surface area contributed by atoms with Gasteiger partial charge in [-0.1, -0.05) is 18.2 Å². The standard InChI is InChI=1S/C15H12FN3O/c1-20-13-8-3-2-7-12(13)19-15-10-5-4-6-11(16)14(10)17-9-18-15/h2-9H,1H3,(H,17,18,19). The first-order chi connectivity index (χ1) is 9.79. The maximum absolute atomic E-state index is 13.7. The molecule has 0 saturated carbocycles. The average molecular weight is 269 g/mol. The molecule has 0 amide bonds. The topological polar surface area (TPSA) is 47.0 Å². The van der Waals surface area contributed by atoms with Crippen LogP contribution in [-0.4, -0.2) is 17.1 Å². The number of nitrogens with zero attached hydrogens (tertiary/aromatic N) is 2. The van der Waals surface area contributed by atoms with Crippen LogP contribution in [-0.2, 0) is 0 Å². The Bertz CT molecular complexity index is 761. The summed E-state index contributed by atoms with van der Waals surface area (Å²) >= 11 is 0. The number of halogens is 1. The molecule has 3 rings (SSSR count). The lowest BCUT2D eigenvalue weighted by atomic mass is 10.2. The number of hydrogen-bond donors (Lipinski definition) is 1. The van der Waals surface area contributed by atoms with Gasteiger partial charge in [-0.2, -0.15) is 0 Å². The fourth-order valence-corrected chi connectivity index (χ4v) is 2.03. The number of ether oxygens (including phenoxy) is 1. The summed E-state index contributed by atoms with van der Waals surface area (Å²) in [6.45, 7) is 0. The van der Waals surface area contributed by atoms with Gasteiger partial charge in [-0.05, 0) is 24.3 Å². The quantitative estimate of drug-likeness (QED) is 0.790. The van der Waals surface area contributed by atoms with E-state index in [0.29, 0.717) is 22.5 Å². The van der Waals surface area contributed by atoms with E-state index in [-0.39, 0.29) is 5.82 Å². The number of benzene rings is 2. The molecular weight excluding hydrogens is 257 g/mol. The molecule has 2 aromatic carbocycles. The van der Waals surface area contributed by atoms with Crippen LogP contribution in [0, 0.1) is 5.82 Å². The number of anilines is 2. The lowest BCUT2D eigenvalue weighted by Gasteiger charge is -2.11. The first-order valence-electron chi connectivity index (χ1n) is 6.09. The Morgan fingerprint density at radius 3 is 2.75 bits per heavy atom. The minimum absolute atomic E-state index is 0.292. The van der Waals surface area contributed by atoms with Gasteiger partial charge in [-0.15, -0.1) is 0 Å². The first kappa shape index (κ1) is 12.3. The van der Waals surface area contributed by atoms with Crippen molar-refractivity contribution in [3.8, 4) is 5.75 Å². The maximum atomic E-state index is 13.7. The zero-order chi connectivity index (χ0) is 13.9. The Morgan fingerprint density at radius 2 is 1.90 bits per heavy atom. The van der Waals surface area contributed by atoms with Crippen LogP contribution in [0.4, 0.5) is 15.9 Å². The second-order valence-corrected chi connectivity index (χ2v) is 4.18. The number of para-hydroxylation sites is 3. The van der Waals surface area contributed by atoms with Crippen LogP contribution in [0.2, 0.25) is 0 Å². The summed E-state index contributed by atoms with van der Waals surface area (Å²) in [4.78, 5) is 8.14. The fourth-order valence-electron chi connectivity index (χ4n) is 2.03. The molecular formula is C15H12FN3O. The molecule has 0 fully saturated rings. The van der Waals surface area contributed by atoms with E-state index in [1.165, 1.54) is 12.4 Å². The zero-order valence-electron chi connectivity index (χ0n) is 10.8. The van der Waals surface area contributed by atoms with Gasteiger partial charge in [0.15, 0.2) is 0 Å². The van der Waals surface area contributed by atoms with Gasteiger partial charge in [-0.3, -0.25) is 0 Å². The van der Waals surface area contributed by atoms with E-state index in [1.54, 1.807) is 19.2 Å². The van der Waals surface area contributed by atoms with Gasteiger partial charge < -0.3 is 10.1 Å². The smallest absolute Gasteiger partial charge is 0.149 e. The molecule has 1 heterocycles. The highest BCUT2D eigenvalue weighted by atomic mass is 19.1. The van der Waals surface area contributed by atoms with Crippen molar-refractivity contribution in [3.05, 3.63) is 54.6 Å². The fraction of sp³-hybridized carbons (Fsp3) is 0.0667. The van der Waals surface area contributed by atoms with Crippen LogP contribution in [0.25, 0.3) is 10.9 Å². The second kappa shape index (κ2) is 5.13. The molecule has 0 aliphatic rings. The first-order valence-corrected chi connectivity index (χ1v) is 6.09. The van der Waals surface area contributed by atoms with E-state index in [4.69, 9.17) is 4.74 Å². The second-order valence-electron chi connectivity index (χ2n) is 4.18. The third kappa shape index (κ3) is 2.14. The predicted octanol–water partition coefficient (Wildman–Crippen LogP) is 3.52. The summed E-state index contributed by atoms with van der Waals surface area (Å²) in [5.74, 6) is 0.864. The Kier molecular flexibility index (Phi) is 3.16. The molecule has 100 valence electrons. The third-order valence-electron chi connectivity index (χ3n) is 2.98. The SMILES string of the molecule is COc1ccccc1Nc1ncnc2c(F)cccc12. The van der Waals surface area contributed by atoms with Gasteiger partial charge in [0.25, 0.3) is 0 Å². The monoisotopic (exact) mass is 269 g/mol. The molecule has 0 spiro atoms. The number of fused-ring (bicyclic) bond motifs is 1. The van der Waals surface area contributed by atoms with E-state index in [0.717, 1.165) is 5.69 Å². The van der Waals surface area contributed by atoms with Crippen molar-refractivity contribution in [1.82, 2.24) is 9.97 Å². The molecule has 4 nitrogen and oxygen atoms in total. The molecule has 20 heavy (non-hydrogen) atoms. The average Bonchev–Trinajstić information content (AvgIpc) is 2.49. The normalized spacial score (nSPS) is 10.5. The number of aromatic nitrogens is 2. The van der Waals surface area contributed by atoms with Crippen LogP contribution >= 0.6 is 0 Å². The van der Waals surface area contributed by atoms with Crippen LogP contribution in [0.15, 0.2) is 48.8 Å². The minimum atomic E-state index is -0.368. The Balaban J connectivity index is 2.09. The van der Waals surface area contributed by atoms with Crippen LogP contribution in [0.1, 0.15) is 0 Å². The van der Waals surface area contributed by atoms with Gasteiger partial charge in [0, 0.05) is 5.39 Å². The molecule has 3 aromatic rings. The van der Waals surface area contributed by atoms with Crippen LogP contribution in [0.5, 0.6) is 5.75 Å². The van der Waals surface area contributed by atoms with E-state index < -0.39 is 0 Å².